The molecule has 0 bridgehead atoms. The Labute approximate surface area is 293 Å². The molecule has 48 heavy (non-hydrogen) atoms. The van der Waals surface area contributed by atoms with Crippen LogP contribution in [0.5, 0.6) is 0 Å². The van der Waals surface area contributed by atoms with Crippen molar-refractivity contribution in [2.24, 2.45) is 0 Å². The van der Waals surface area contributed by atoms with Gasteiger partial charge in [0.15, 0.2) is 0 Å². The molecule has 0 unspecified atom stereocenters. The molecular weight excluding hydrogens is 665 g/mol. The van der Waals surface area contributed by atoms with Gasteiger partial charge in [0.2, 0.25) is 11.8 Å². The highest BCUT2D eigenvalue weighted by Gasteiger charge is 2.36. The van der Waals surface area contributed by atoms with Crippen molar-refractivity contribution >= 4 is 50.7 Å². The molecule has 4 aromatic rings. The Kier molecular flexibility index (Phi) is 12.2. The van der Waals surface area contributed by atoms with Gasteiger partial charge in [0.1, 0.15) is 12.6 Å². The number of aryl methyl sites for hydroxylation is 1. The second kappa shape index (κ2) is 16.5. The lowest BCUT2D eigenvalue weighted by molar-refractivity contribution is -0.140. The smallest absolute Gasteiger partial charge is 0.264 e. The molecule has 4 aromatic carbocycles. The van der Waals surface area contributed by atoms with Crippen molar-refractivity contribution in [3.8, 4) is 0 Å². The molecule has 2 amide bonds. The number of anilines is 1. The first-order valence-electron chi connectivity index (χ1n) is 16.4. The molecule has 1 atom stereocenters. The summed E-state index contributed by atoms with van der Waals surface area (Å²) in [5.41, 5.74) is 2.72. The maximum absolute atomic E-state index is 14.8. The number of halogens is 2. The molecule has 7 nitrogen and oxygen atoms in total. The second-order valence-electron chi connectivity index (χ2n) is 12.1. The summed E-state index contributed by atoms with van der Waals surface area (Å²) >= 11 is 12.6. The van der Waals surface area contributed by atoms with Gasteiger partial charge in [-0.2, -0.15) is 0 Å². The molecule has 0 radical (unpaired) electrons. The largest absolute Gasteiger partial charge is 0.352 e. The number of para-hydroxylation sites is 1. The van der Waals surface area contributed by atoms with Crippen LogP contribution in [0.2, 0.25) is 10.0 Å². The molecule has 1 aliphatic carbocycles. The quantitative estimate of drug-likeness (QED) is 0.154. The number of nitrogens with zero attached hydrogens (tertiary/aromatic N) is 2. The van der Waals surface area contributed by atoms with Gasteiger partial charge in [-0.3, -0.25) is 13.9 Å². The van der Waals surface area contributed by atoms with Crippen LogP contribution in [-0.4, -0.2) is 43.8 Å². The Morgan fingerprint density at radius 2 is 1.46 bits per heavy atom. The highest BCUT2D eigenvalue weighted by atomic mass is 35.5. The van der Waals surface area contributed by atoms with E-state index in [0.717, 1.165) is 43.2 Å². The first-order valence-corrected chi connectivity index (χ1v) is 18.6. The van der Waals surface area contributed by atoms with E-state index in [0.29, 0.717) is 27.7 Å². The predicted molar refractivity (Wildman–Crippen MR) is 193 cm³/mol. The molecule has 10 heteroatoms. The third kappa shape index (κ3) is 8.78. The minimum Gasteiger partial charge on any atom is -0.352 e. The van der Waals surface area contributed by atoms with Crippen LogP contribution < -0.4 is 9.62 Å². The second-order valence-corrected chi connectivity index (χ2v) is 14.8. The lowest BCUT2D eigenvalue weighted by Crippen LogP contribution is -2.55. The number of sulfonamides is 1. The molecule has 1 aliphatic rings. The van der Waals surface area contributed by atoms with E-state index in [4.69, 9.17) is 23.2 Å². The van der Waals surface area contributed by atoms with E-state index >= 15 is 0 Å². The highest BCUT2D eigenvalue weighted by Crippen LogP contribution is 2.29. The average molecular weight is 707 g/mol. The standard InChI is InChI=1S/C38H41Cl2N3O4S/c1-2-30-16-12-13-21-35(30)43(48(46,47)32-19-10-5-11-20-32)27-37(44)42(26-29-22-23-33(39)34(40)24-29)36(25-28-14-6-3-7-15-28)38(45)41-31-17-8-4-9-18-31/h3,5-7,10-16,19-24,31,36H,2,4,8-9,17-18,25-27H2,1H3,(H,41,45)/t36-/m0/s1. The summed E-state index contributed by atoms with van der Waals surface area (Å²) in [4.78, 5) is 30.6. The molecule has 5 rings (SSSR count). The van der Waals surface area contributed by atoms with Gasteiger partial charge in [0, 0.05) is 19.0 Å². The summed E-state index contributed by atoms with van der Waals surface area (Å²) in [6.07, 6.45) is 5.74. The van der Waals surface area contributed by atoms with E-state index in [1.807, 2.05) is 49.4 Å². The molecule has 1 fully saturated rings. The fourth-order valence-electron chi connectivity index (χ4n) is 6.22. The summed E-state index contributed by atoms with van der Waals surface area (Å²) < 4.78 is 29.8. The number of carbonyl (C=O) groups excluding carboxylic acids is 2. The third-order valence-corrected chi connectivity index (χ3v) is 11.3. The molecule has 252 valence electrons. The van der Waals surface area contributed by atoms with Gasteiger partial charge in [-0.15, -0.1) is 0 Å². The van der Waals surface area contributed by atoms with Crippen molar-refractivity contribution in [1.29, 1.82) is 0 Å². The van der Waals surface area contributed by atoms with Crippen molar-refractivity contribution < 1.29 is 18.0 Å². The third-order valence-electron chi connectivity index (χ3n) is 8.81. The van der Waals surface area contributed by atoms with Crippen molar-refractivity contribution in [3.05, 3.63) is 130 Å². The summed E-state index contributed by atoms with van der Waals surface area (Å²) in [5.74, 6) is -0.795. The number of amides is 2. The van der Waals surface area contributed by atoms with Crippen LogP contribution in [0, 0.1) is 0 Å². The Balaban J connectivity index is 1.59. The van der Waals surface area contributed by atoms with Gasteiger partial charge in [-0.05, 0) is 66.3 Å². The van der Waals surface area contributed by atoms with Gasteiger partial charge >= 0.3 is 0 Å². The van der Waals surface area contributed by atoms with Gasteiger partial charge < -0.3 is 10.2 Å². The number of benzene rings is 4. The average Bonchev–Trinajstić information content (AvgIpc) is 3.11. The summed E-state index contributed by atoms with van der Waals surface area (Å²) in [6.45, 7) is 1.44. The molecule has 0 aromatic heterocycles. The van der Waals surface area contributed by atoms with Crippen LogP contribution >= 0.6 is 23.2 Å². The van der Waals surface area contributed by atoms with Crippen LogP contribution in [0.25, 0.3) is 0 Å². The fourth-order valence-corrected chi connectivity index (χ4v) is 8.01. The monoisotopic (exact) mass is 705 g/mol. The van der Waals surface area contributed by atoms with E-state index in [-0.39, 0.29) is 29.8 Å². The minimum atomic E-state index is -4.18. The van der Waals surface area contributed by atoms with Gasteiger partial charge in [0.25, 0.3) is 10.0 Å². The number of rotatable bonds is 13. The Morgan fingerprint density at radius 3 is 2.12 bits per heavy atom. The zero-order valence-corrected chi connectivity index (χ0v) is 29.4. The molecule has 0 saturated heterocycles. The maximum atomic E-state index is 14.8. The van der Waals surface area contributed by atoms with Crippen LogP contribution in [0.15, 0.2) is 108 Å². The lowest BCUT2D eigenvalue weighted by atomic mass is 9.94. The highest BCUT2D eigenvalue weighted by molar-refractivity contribution is 7.92. The van der Waals surface area contributed by atoms with E-state index < -0.39 is 28.5 Å². The van der Waals surface area contributed by atoms with Crippen LogP contribution in [0.3, 0.4) is 0 Å². The van der Waals surface area contributed by atoms with Crippen molar-refractivity contribution in [3.63, 3.8) is 0 Å². The maximum Gasteiger partial charge on any atom is 0.264 e. The molecular formula is C38H41Cl2N3O4S. The van der Waals surface area contributed by atoms with Gasteiger partial charge in [0.05, 0.1) is 20.6 Å². The van der Waals surface area contributed by atoms with Gasteiger partial charge in [-0.1, -0.05) is 122 Å². The fraction of sp³-hybridized carbons (Fsp3) is 0.316. The molecule has 1 N–H and O–H groups in total. The Morgan fingerprint density at radius 1 is 0.812 bits per heavy atom. The van der Waals surface area contributed by atoms with E-state index in [1.165, 1.54) is 21.3 Å². The van der Waals surface area contributed by atoms with Crippen molar-refractivity contribution in [2.75, 3.05) is 10.8 Å². The van der Waals surface area contributed by atoms with Gasteiger partial charge in [-0.25, -0.2) is 8.42 Å². The van der Waals surface area contributed by atoms with E-state index in [9.17, 15) is 18.0 Å². The number of nitrogens with one attached hydrogen (secondary N) is 1. The normalized spacial score (nSPS) is 14.2. The summed E-state index contributed by atoms with van der Waals surface area (Å²) in [6, 6.07) is 29.0. The molecule has 0 heterocycles. The number of hydrogen-bond acceptors (Lipinski definition) is 4. The number of hydrogen-bond donors (Lipinski definition) is 1. The van der Waals surface area contributed by atoms with Crippen LogP contribution in [0.4, 0.5) is 5.69 Å². The summed E-state index contributed by atoms with van der Waals surface area (Å²) in [5, 5.41) is 3.91. The van der Waals surface area contributed by atoms with Crippen molar-refractivity contribution in [1.82, 2.24) is 10.2 Å². The van der Waals surface area contributed by atoms with Crippen LogP contribution in [-0.2, 0) is 39.0 Å². The minimum absolute atomic E-state index is 0.0119. The summed E-state index contributed by atoms with van der Waals surface area (Å²) in [7, 11) is -4.18. The molecule has 0 spiro atoms. The molecule has 0 aliphatic heterocycles. The predicted octanol–water partition coefficient (Wildman–Crippen LogP) is 7.84. The van der Waals surface area contributed by atoms with Crippen molar-refractivity contribution in [2.45, 2.75) is 75.4 Å². The Hall–Kier alpha value is -3.85. The zero-order valence-electron chi connectivity index (χ0n) is 27.0. The Bertz CT molecular complexity index is 1800. The first kappa shape index (κ1) is 35.5. The lowest BCUT2D eigenvalue weighted by Gasteiger charge is -2.35. The topological polar surface area (TPSA) is 86.8 Å². The first-order chi connectivity index (χ1) is 23.2. The zero-order chi connectivity index (χ0) is 34.1. The van der Waals surface area contributed by atoms with E-state index in [1.54, 1.807) is 48.5 Å². The SMILES string of the molecule is CCc1ccccc1N(CC(=O)N(Cc1ccc(Cl)c(Cl)c1)[C@@H](Cc1ccccc1)C(=O)NC1CCCCC1)S(=O)(=O)c1ccccc1. The van der Waals surface area contributed by atoms with Crippen LogP contribution in [0.1, 0.15) is 55.7 Å². The number of carbonyl (C=O) groups is 2. The molecule has 1 saturated carbocycles. The van der Waals surface area contributed by atoms with E-state index in [2.05, 4.69) is 5.32 Å².